The van der Waals surface area contributed by atoms with Crippen LogP contribution in [-0.2, 0) is 4.79 Å². The topological polar surface area (TPSA) is 79.4 Å². The second kappa shape index (κ2) is 7.08. The molecule has 9 heteroatoms. The average molecular weight is 401 g/mol. The fourth-order valence-electron chi connectivity index (χ4n) is 3.03. The number of fused-ring (bicyclic) bond motifs is 2. The molecule has 2 aromatic carbocycles. The molecule has 142 valence electrons. The van der Waals surface area contributed by atoms with Crippen LogP contribution >= 0.6 is 11.3 Å². The highest BCUT2D eigenvalue weighted by Gasteiger charge is 2.34. The quantitative estimate of drug-likeness (QED) is 0.663. The maximum atomic E-state index is 13.7. The Morgan fingerprint density at radius 1 is 1.11 bits per heavy atom. The second-order valence-corrected chi connectivity index (χ2v) is 7.24. The van der Waals surface area contributed by atoms with Crippen LogP contribution in [-0.4, -0.2) is 34.2 Å². The van der Waals surface area contributed by atoms with E-state index < -0.39 is 17.5 Å². The van der Waals surface area contributed by atoms with Crippen molar-refractivity contribution in [3.05, 3.63) is 59.2 Å². The van der Waals surface area contributed by atoms with Gasteiger partial charge in [-0.3, -0.25) is 19.3 Å². The van der Waals surface area contributed by atoms with E-state index in [-0.39, 0.29) is 41.8 Å². The second-order valence-electron chi connectivity index (χ2n) is 6.21. The number of aromatic nitrogens is 1. The Morgan fingerprint density at radius 2 is 1.79 bits per heavy atom. The lowest BCUT2D eigenvalue weighted by Crippen LogP contribution is -2.31. The van der Waals surface area contributed by atoms with Crippen LogP contribution in [0.3, 0.4) is 0 Å². The van der Waals surface area contributed by atoms with Gasteiger partial charge in [-0.15, -0.1) is 0 Å². The van der Waals surface area contributed by atoms with Gasteiger partial charge in [0.1, 0.15) is 11.3 Å². The van der Waals surface area contributed by atoms with Crippen molar-refractivity contribution in [3.63, 3.8) is 0 Å². The van der Waals surface area contributed by atoms with Gasteiger partial charge in [-0.2, -0.15) is 0 Å². The Balaban J connectivity index is 1.35. The summed E-state index contributed by atoms with van der Waals surface area (Å²) in [7, 11) is 0. The maximum absolute atomic E-state index is 13.7. The highest BCUT2D eigenvalue weighted by molar-refractivity contribution is 7.22. The zero-order valence-corrected chi connectivity index (χ0v) is 15.2. The van der Waals surface area contributed by atoms with Crippen LogP contribution < -0.4 is 5.32 Å². The van der Waals surface area contributed by atoms with Crippen LogP contribution in [0.2, 0.25) is 0 Å². The van der Waals surface area contributed by atoms with Gasteiger partial charge in [-0.1, -0.05) is 23.5 Å². The number of carbonyl (C=O) groups is 3. The molecule has 2 heterocycles. The first-order valence-corrected chi connectivity index (χ1v) is 9.26. The van der Waals surface area contributed by atoms with Gasteiger partial charge in [0.05, 0.1) is 15.8 Å². The van der Waals surface area contributed by atoms with Crippen molar-refractivity contribution >= 4 is 44.4 Å². The lowest BCUT2D eigenvalue weighted by Gasteiger charge is -2.13. The van der Waals surface area contributed by atoms with Crippen molar-refractivity contribution in [1.82, 2.24) is 9.88 Å². The van der Waals surface area contributed by atoms with Gasteiger partial charge in [-0.25, -0.2) is 13.8 Å². The van der Waals surface area contributed by atoms with E-state index in [1.165, 1.54) is 0 Å². The van der Waals surface area contributed by atoms with Gasteiger partial charge in [0, 0.05) is 19.0 Å². The molecular weight excluding hydrogens is 388 g/mol. The third-order valence-corrected chi connectivity index (χ3v) is 5.24. The largest absolute Gasteiger partial charge is 0.302 e. The van der Waals surface area contributed by atoms with Crippen LogP contribution in [0.15, 0.2) is 36.4 Å². The van der Waals surface area contributed by atoms with E-state index in [1.807, 2.05) is 0 Å². The van der Waals surface area contributed by atoms with Crippen LogP contribution in [0, 0.1) is 11.6 Å². The third kappa shape index (κ3) is 3.24. The van der Waals surface area contributed by atoms with Crippen molar-refractivity contribution in [1.29, 1.82) is 0 Å². The van der Waals surface area contributed by atoms with Crippen LogP contribution in [0.5, 0.6) is 0 Å². The number of anilines is 1. The number of amides is 3. The van der Waals surface area contributed by atoms with Crippen molar-refractivity contribution in [2.24, 2.45) is 0 Å². The van der Waals surface area contributed by atoms with Crippen molar-refractivity contribution in [2.45, 2.75) is 12.8 Å². The number of hydrogen-bond donors (Lipinski definition) is 1. The molecular formula is C19H13F2N3O3S. The Hall–Kier alpha value is -3.20. The zero-order chi connectivity index (χ0) is 19.8. The summed E-state index contributed by atoms with van der Waals surface area (Å²) in [4.78, 5) is 41.7. The van der Waals surface area contributed by atoms with Crippen molar-refractivity contribution in [3.8, 4) is 0 Å². The molecule has 0 fully saturated rings. The molecule has 3 aromatic rings. The predicted octanol–water partition coefficient (Wildman–Crippen LogP) is 3.59. The molecule has 0 aliphatic carbocycles. The van der Waals surface area contributed by atoms with Gasteiger partial charge < -0.3 is 5.32 Å². The van der Waals surface area contributed by atoms with Crippen LogP contribution in [0.25, 0.3) is 10.2 Å². The van der Waals surface area contributed by atoms with Crippen LogP contribution in [0.1, 0.15) is 33.6 Å². The Kier molecular flexibility index (Phi) is 4.60. The third-order valence-electron chi connectivity index (χ3n) is 4.32. The number of thiazole rings is 1. The lowest BCUT2D eigenvalue weighted by atomic mass is 10.1. The normalized spacial score (nSPS) is 13.3. The molecule has 6 nitrogen and oxygen atoms in total. The molecule has 0 atom stereocenters. The van der Waals surface area contributed by atoms with E-state index in [0.717, 1.165) is 28.4 Å². The van der Waals surface area contributed by atoms with E-state index in [2.05, 4.69) is 10.3 Å². The van der Waals surface area contributed by atoms with E-state index in [1.54, 1.807) is 24.3 Å². The first kappa shape index (κ1) is 18.2. The summed E-state index contributed by atoms with van der Waals surface area (Å²) in [6.07, 6.45) is 0.311. The number of benzene rings is 2. The molecule has 0 saturated carbocycles. The molecule has 1 N–H and O–H groups in total. The summed E-state index contributed by atoms with van der Waals surface area (Å²) in [5.41, 5.74) is 0.717. The molecule has 3 amide bonds. The minimum absolute atomic E-state index is 0.00674. The fourth-order valence-corrected chi connectivity index (χ4v) is 3.95. The minimum Gasteiger partial charge on any atom is -0.302 e. The SMILES string of the molecule is O=C(CCCN1C(=O)c2ccccc2C1=O)Nc1nc2c(F)cc(F)cc2s1. The monoisotopic (exact) mass is 401 g/mol. The Morgan fingerprint density at radius 3 is 2.46 bits per heavy atom. The van der Waals surface area contributed by atoms with E-state index in [9.17, 15) is 23.2 Å². The molecule has 0 saturated heterocycles. The fraction of sp³-hybridized carbons (Fsp3) is 0.158. The number of nitrogens with one attached hydrogen (secondary N) is 1. The molecule has 1 aliphatic heterocycles. The smallest absolute Gasteiger partial charge is 0.261 e. The van der Waals surface area contributed by atoms with Crippen LogP contribution in [0.4, 0.5) is 13.9 Å². The first-order chi connectivity index (χ1) is 13.4. The summed E-state index contributed by atoms with van der Waals surface area (Å²) < 4.78 is 27.2. The van der Waals surface area contributed by atoms with Gasteiger partial charge >= 0.3 is 0 Å². The summed E-state index contributed by atoms with van der Waals surface area (Å²) in [6.45, 7) is 0.111. The average Bonchev–Trinajstić information content (AvgIpc) is 3.16. The summed E-state index contributed by atoms with van der Waals surface area (Å²) in [5, 5.41) is 2.69. The van der Waals surface area contributed by atoms with Gasteiger partial charge in [0.25, 0.3) is 11.8 Å². The summed E-state index contributed by atoms with van der Waals surface area (Å²) >= 11 is 0.963. The molecule has 0 radical (unpaired) electrons. The number of hydrogen-bond acceptors (Lipinski definition) is 5. The molecule has 4 rings (SSSR count). The molecule has 0 unspecified atom stereocenters. The van der Waals surface area contributed by atoms with Gasteiger partial charge in [0.2, 0.25) is 5.91 Å². The number of carbonyl (C=O) groups excluding carboxylic acids is 3. The predicted molar refractivity (Wildman–Crippen MR) is 99.2 cm³/mol. The molecule has 1 aromatic heterocycles. The summed E-state index contributed by atoms with van der Waals surface area (Å²) in [5.74, 6) is -2.64. The first-order valence-electron chi connectivity index (χ1n) is 8.44. The summed E-state index contributed by atoms with van der Waals surface area (Å²) in [6, 6.07) is 8.44. The zero-order valence-electron chi connectivity index (χ0n) is 14.4. The molecule has 0 spiro atoms. The maximum Gasteiger partial charge on any atom is 0.261 e. The molecule has 0 bridgehead atoms. The van der Waals surface area contributed by atoms with Gasteiger partial charge in [0.15, 0.2) is 10.9 Å². The van der Waals surface area contributed by atoms with E-state index in [0.29, 0.717) is 15.8 Å². The highest BCUT2D eigenvalue weighted by Crippen LogP contribution is 2.29. The van der Waals surface area contributed by atoms with Crippen molar-refractivity contribution in [2.75, 3.05) is 11.9 Å². The molecule has 28 heavy (non-hydrogen) atoms. The van der Waals surface area contributed by atoms with Crippen molar-refractivity contribution < 1.29 is 23.2 Å². The highest BCUT2D eigenvalue weighted by atomic mass is 32.1. The Labute approximate surface area is 161 Å². The number of nitrogens with zero attached hydrogens (tertiary/aromatic N) is 2. The van der Waals surface area contributed by atoms with Gasteiger partial charge in [-0.05, 0) is 24.6 Å². The number of rotatable bonds is 5. The van der Waals surface area contributed by atoms with E-state index >= 15 is 0 Å². The standard InChI is InChI=1S/C19H13F2N3O3S/c20-10-8-13(21)16-14(9-10)28-19(23-16)22-15(25)6-3-7-24-17(26)11-4-1-2-5-12(11)18(24)27/h1-2,4-5,8-9H,3,6-7H2,(H,22,23,25). The number of imide groups is 1. The lowest BCUT2D eigenvalue weighted by molar-refractivity contribution is -0.116. The Bertz CT molecular complexity index is 1090. The number of halogens is 2. The molecule has 1 aliphatic rings. The minimum atomic E-state index is -0.794. The van der Waals surface area contributed by atoms with E-state index in [4.69, 9.17) is 0 Å².